The fourth-order valence-electron chi connectivity index (χ4n) is 3.03. The van der Waals surface area contributed by atoms with Crippen molar-refractivity contribution in [2.45, 2.75) is 51.9 Å². The number of hydrogen-bond acceptors (Lipinski definition) is 4. The molecule has 0 N–H and O–H groups in total. The van der Waals surface area contributed by atoms with Gasteiger partial charge >= 0.3 is 7.12 Å². The predicted octanol–water partition coefficient (Wildman–Crippen LogP) is 2.21. The average Bonchev–Trinajstić information content (AvgIpc) is 2.67. The van der Waals surface area contributed by atoms with Crippen LogP contribution in [0.3, 0.4) is 0 Å². The van der Waals surface area contributed by atoms with Crippen molar-refractivity contribution in [3.05, 3.63) is 29.8 Å². The first-order valence-corrected chi connectivity index (χ1v) is 8.62. The lowest BCUT2D eigenvalue weighted by molar-refractivity contribution is 0.00578. The third-order valence-corrected chi connectivity index (χ3v) is 5.20. The Kier molecular flexibility index (Phi) is 4.84. The molecule has 4 nitrogen and oxygen atoms in total. The van der Waals surface area contributed by atoms with Crippen LogP contribution in [0, 0.1) is 0 Å². The normalized spacial score (nSPS) is 24.6. The highest BCUT2D eigenvalue weighted by atomic mass is 16.7. The van der Waals surface area contributed by atoms with E-state index in [4.69, 9.17) is 14.0 Å². The second-order valence-corrected chi connectivity index (χ2v) is 7.58. The van der Waals surface area contributed by atoms with Crippen LogP contribution in [0.5, 0.6) is 0 Å². The Morgan fingerprint density at radius 2 is 1.78 bits per heavy atom. The van der Waals surface area contributed by atoms with Gasteiger partial charge in [-0.15, -0.1) is 0 Å². The average molecular weight is 317 g/mol. The third kappa shape index (κ3) is 3.79. The Bertz CT molecular complexity index is 523. The van der Waals surface area contributed by atoms with Crippen molar-refractivity contribution in [2.24, 2.45) is 0 Å². The van der Waals surface area contributed by atoms with Crippen LogP contribution in [0.1, 0.15) is 39.7 Å². The molecule has 2 aliphatic rings. The van der Waals surface area contributed by atoms with Gasteiger partial charge in [0.15, 0.2) is 0 Å². The maximum Gasteiger partial charge on any atom is 0.494 e. The van der Waals surface area contributed by atoms with E-state index in [-0.39, 0.29) is 18.3 Å². The Balaban J connectivity index is 1.70. The molecule has 1 aromatic carbocycles. The molecule has 0 amide bonds. The van der Waals surface area contributed by atoms with E-state index < -0.39 is 0 Å². The van der Waals surface area contributed by atoms with Crippen molar-refractivity contribution >= 4 is 12.6 Å². The van der Waals surface area contributed by atoms with Gasteiger partial charge in [-0.05, 0) is 45.1 Å². The summed E-state index contributed by atoms with van der Waals surface area (Å²) in [6.07, 6.45) is 1.11. The van der Waals surface area contributed by atoms with E-state index in [0.29, 0.717) is 0 Å². The Hall–Kier alpha value is -0.875. The molecule has 2 saturated heterocycles. The van der Waals surface area contributed by atoms with Crippen molar-refractivity contribution in [3.8, 4) is 0 Å². The lowest BCUT2D eigenvalue weighted by atomic mass is 9.78. The number of ether oxygens (including phenoxy) is 1. The summed E-state index contributed by atoms with van der Waals surface area (Å²) in [7, 11) is -0.285. The Morgan fingerprint density at radius 3 is 2.52 bits per heavy atom. The first-order valence-electron chi connectivity index (χ1n) is 8.62. The molecule has 0 unspecified atom stereocenters. The quantitative estimate of drug-likeness (QED) is 0.800. The summed E-state index contributed by atoms with van der Waals surface area (Å²) in [6.45, 7) is 13.1. The SMILES string of the molecule is CC1(C)OB(c2cccc(CN3CCCOCC3)c2)OC1(C)C. The van der Waals surface area contributed by atoms with E-state index in [9.17, 15) is 0 Å². The molecule has 0 aromatic heterocycles. The smallest absolute Gasteiger partial charge is 0.399 e. The van der Waals surface area contributed by atoms with Crippen LogP contribution >= 0.6 is 0 Å². The lowest BCUT2D eigenvalue weighted by Crippen LogP contribution is -2.41. The number of benzene rings is 1. The molecule has 2 aliphatic heterocycles. The summed E-state index contributed by atoms with van der Waals surface area (Å²) in [5, 5.41) is 0. The predicted molar refractivity (Wildman–Crippen MR) is 92.9 cm³/mol. The van der Waals surface area contributed by atoms with E-state index in [1.54, 1.807) is 0 Å². The van der Waals surface area contributed by atoms with Crippen LogP contribution in [-0.2, 0) is 20.6 Å². The van der Waals surface area contributed by atoms with Gasteiger partial charge in [0.05, 0.1) is 17.8 Å². The Morgan fingerprint density at radius 1 is 1.04 bits per heavy atom. The zero-order valence-corrected chi connectivity index (χ0v) is 14.8. The molecular weight excluding hydrogens is 289 g/mol. The first-order chi connectivity index (χ1) is 10.9. The summed E-state index contributed by atoms with van der Waals surface area (Å²) < 4.78 is 17.9. The van der Waals surface area contributed by atoms with Crippen molar-refractivity contribution in [3.63, 3.8) is 0 Å². The van der Waals surface area contributed by atoms with E-state index in [2.05, 4.69) is 56.9 Å². The van der Waals surface area contributed by atoms with Crippen molar-refractivity contribution in [2.75, 3.05) is 26.3 Å². The minimum Gasteiger partial charge on any atom is -0.399 e. The molecule has 1 aromatic rings. The third-order valence-electron chi connectivity index (χ3n) is 5.20. The van der Waals surface area contributed by atoms with Gasteiger partial charge in [0, 0.05) is 26.2 Å². The molecule has 0 bridgehead atoms. The van der Waals surface area contributed by atoms with Gasteiger partial charge in [-0.2, -0.15) is 0 Å². The topological polar surface area (TPSA) is 30.9 Å². The van der Waals surface area contributed by atoms with Crippen molar-refractivity contribution in [1.29, 1.82) is 0 Å². The van der Waals surface area contributed by atoms with E-state index >= 15 is 0 Å². The molecule has 0 spiro atoms. The van der Waals surface area contributed by atoms with Gasteiger partial charge < -0.3 is 14.0 Å². The zero-order valence-electron chi connectivity index (χ0n) is 14.8. The van der Waals surface area contributed by atoms with Crippen LogP contribution in [0.15, 0.2) is 24.3 Å². The molecule has 2 heterocycles. The fraction of sp³-hybridized carbons (Fsp3) is 0.667. The lowest BCUT2D eigenvalue weighted by Gasteiger charge is -2.32. The summed E-state index contributed by atoms with van der Waals surface area (Å²) in [6, 6.07) is 8.59. The van der Waals surface area contributed by atoms with Crippen LogP contribution in [0.25, 0.3) is 0 Å². The molecule has 126 valence electrons. The summed E-state index contributed by atoms with van der Waals surface area (Å²) >= 11 is 0. The highest BCUT2D eigenvalue weighted by Crippen LogP contribution is 2.36. The van der Waals surface area contributed by atoms with Gasteiger partial charge in [-0.25, -0.2) is 0 Å². The highest BCUT2D eigenvalue weighted by molar-refractivity contribution is 6.62. The minimum absolute atomic E-state index is 0.285. The standard InChI is InChI=1S/C18H28BNO3/c1-17(2)18(3,4)23-19(22-17)16-8-5-7-15(13-16)14-20-9-6-11-21-12-10-20/h5,7-8,13H,6,9-12,14H2,1-4H3. The number of hydrogen-bond donors (Lipinski definition) is 0. The van der Waals surface area contributed by atoms with Crippen LogP contribution < -0.4 is 5.46 Å². The number of nitrogens with zero attached hydrogens (tertiary/aromatic N) is 1. The largest absolute Gasteiger partial charge is 0.494 e. The second kappa shape index (κ2) is 6.56. The van der Waals surface area contributed by atoms with E-state index in [0.717, 1.165) is 44.7 Å². The van der Waals surface area contributed by atoms with E-state index in [1.165, 1.54) is 5.56 Å². The molecule has 2 fully saturated rings. The van der Waals surface area contributed by atoms with Crippen LogP contribution in [0.2, 0.25) is 0 Å². The molecule has 0 saturated carbocycles. The van der Waals surface area contributed by atoms with Crippen molar-refractivity contribution in [1.82, 2.24) is 4.90 Å². The van der Waals surface area contributed by atoms with Crippen LogP contribution in [0.4, 0.5) is 0 Å². The maximum absolute atomic E-state index is 6.16. The first kappa shape index (κ1) is 17.0. The molecule has 0 aliphatic carbocycles. The molecule has 23 heavy (non-hydrogen) atoms. The van der Waals surface area contributed by atoms with Crippen molar-refractivity contribution < 1.29 is 14.0 Å². The van der Waals surface area contributed by atoms with Gasteiger partial charge in [0.1, 0.15) is 0 Å². The zero-order chi connectivity index (χ0) is 16.5. The number of rotatable bonds is 3. The summed E-state index contributed by atoms with van der Waals surface area (Å²) in [5.41, 5.74) is 1.82. The van der Waals surface area contributed by atoms with Gasteiger partial charge in [-0.1, -0.05) is 24.3 Å². The van der Waals surface area contributed by atoms with Gasteiger partial charge in [-0.3, -0.25) is 4.90 Å². The molecule has 0 atom stereocenters. The maximum atomic E-state index is 6.16. The fourth-order valence-corrected chi connectivity index (χ4v) is 3.03. The molecular formula is C18H28BNO3. The highest BCUT2D eigenvalue weighted by Gasteiger charge is 2.51. The summed E-state index contributed by atoms with van der Waals surface area (Å²) in [5.74, 6) is 0. The minimum atomic E-state index is -0.296. The van der Waals surface area contributed by atoms with Gasteiger partial charge in [0.2, 0.25) is 0 Å². The van der Waals surface area contributed by atoms with Gasteiger partial charge in [0.25, 0.3) is 0 Å². The molecule has 5 heteroatoms. The van der Waals surface area contributed by atoms with E-state index in [1.807, 2.05) is 0 Å². The van der Waals surface area contributed by atoms with Crippen LogP contribution in [-0.4, -0.2) is 49.5 Å². The monoisotopic (exact) mass is 317 g/mol. The molecule has 3 rings (SSSR count). The second-order valence-electron chi connectivity index (χ2n) is 7.58. The Labute approximate surface area is 140 Å². The molecule has 0 radical (unpaired) electrons. The summed E-state index contributed by atoms with van der Waals surface area (Å²) in [4.78, 5) is 2.45.